The van der Waals surface area contributed by atoms with E-state index in [1.54, 1.807) is 29.6 Å². The molecule has 0 amide bonds. The molecule has 1 aliphatic heterocycles. The summed E-state index contributed by atoms with van der Waals surface area (Å²) >= 11 is 0. The van der Waals surface area contributed by atoms with Gasteiger partial charge in [0.1, 0.15) is 11.6 Å². The Morgan fingerprint density at radius 2 is 1.83 bits per heavy atom. The molecule has 0 saturated heterocycles. The summed E-state index contributed by atoms with van der Waals surface area (Å²) in [7, 11) is 1.44. The summed E-state index contributed by atoms with van der Waals surface area (Å²) in [5.41, 5.74) is 1.49. The Bertz CT molecular complexity index is 1050. The van der Waals surface area contributed by atoms with Crippen molar-refractivity contribution in [1.29, 1.82) is 0 Å². The van der Waals surface area contributed by atoms with Crippen molar-refractivity contribution < 1.29 is 27.0 Å². The van der Waals surface area contributed by atoms with Gasteiger partial charge in [0.15, 0.2) is 17.9 Å². The fraction of sp³-hybridized carbons (Fsp3) is 0.263. The van der Waals surface area contributed by atoms with E-state index in [0.29, 0.717) is 41.9 Å². The summed E-state index contributed by atoms with van der Waals surface area (Å²) in [5, 5.41) is 0. The Kier molecular flexibility index (Phi) is 5.20. The van der Waals surface area contributed by atoms with E-state index in [1.807, 2.05) is 0 Å². The molecule has 0 fully saturated rings. The van der Waals surface area contributed by atoms with Crippen LogP contribution in [0.3, 0.4) is 0 Å². The predicted molar refractivity (Wildman–Crippen MR) is 96.9 cm³/mol. The number of nitrogens with zero attached hydrogens (tertiary/aromatic N) is 5. The van der Waals surface area contributed by atoms with Crippen LogP contribution in [0.2, 0.25) is 0 Å². The Morgan fingerprint density at radius 3 is 2.53 bits per heavy atom. The van der Waals surface area contributed by atoms with Gasteiger partial charge in [-0.25, -0.2) is 24.3 Å². The minimum Gasteiger partial charge on any atom is -0.406 e. The van der Waals surface area contributed by atoms with Crippen LogP contribution in [0.4, 0.5) is 23.2 Å². The highest BCUT2D eigenvalue weighted by Crippen LogP contribution is 2.36. The summed E-state index contributed by atoms with van der Waals surface area (Å²) in [6.07, 6.45) is -0.501. The van der Waals surface area contributed by atoms with E-state index in [2.05, 4.69) is 24.7 Å². The zero-order valence-electron chi connectivity index (χ0n) is 15.6. The average molecular weight is 421 g/mol. The van der Waals surface area contributed by atoms with E-state index in [1.165, 1.54) is 7.11 Å². The van der Waals surface area contributed by atoms with Crippen LogP contribution in [0.5, 0.6) is 5.75 Å². The second-order valence-corrected chi connectivity index (χ2v) is 6.39. The quantitative estimate of drug-likeness (QED) is 0.595. The number of hydrogen-bond donors (Lipinski definition) is 0. The number of alkyl halides is 3. The summed E-state index contributed by atoms with van der Waals surface area (Å²) in [6.45, 7) is 0.326. The smallest absolute Gasteiger partial charge is 0.406 e. The van der Waals surface area contributed by atoms with E-state index < -0.39 is 24.2 Å². The van der Waals surface area contributed by atoms with Gasteiger partial charge in [-0.2, -0.15) is 0 Å². The van der Waals surface area contributed by atoms with E-state index >= 15 is 0 Å². The van der Waals surface area contributed by atoms with Gasteiger partial charge in [0.2, 0.25) is 0 Å². The third-order valence-electron chi connectivity index (χ3n) is 4.45. The van der Waals surface area contributed by atoms with E-state index in [-0.39, 0.29) is 5.69 Å². The zero-order chi connectivity index (χ0) is 21.3. The van der Waals surface area contributed by atoms with Crippen molar-refractivity contribution in [1.82, 2.24) is 19.9 Å². The molecule has 1 atom stereocenters. The van der Waals surface area contributed by atoms with Gasteiger partial charge >= 0.3 is 6.36 Å². The molecule has 1 aromatic carbocycles. The normalized spacial score (nSPS) is 16.3. The molecule has 30 heavy (non-hydrogen) atoms. The standard InChI is InChI=1S/C19H15F4N5O2/c1-29-18-14-10-26-17(16-24-4-2-5-25-16)27-15(14)3-6-28(18)12-7-11(20)8-13(9-12)30-19(21,22)23/h2,4-5,7-10,18H,3,6H2,1H3. The lowest BCUT2D eigenvalue weighted by Gasteiger charge is -2.37. The fourth-order valence-corrected chi connectivity index (χ4v) is 3.29. The van der Waals surface area contributed by atoms with Gasteiger partial charge in [-0.15, -0.1) is 13.2 Å². The average Bonchev–Trinajstić information content (AvgIpc) is 2.71. The topological polar surface area (TPSA) is 73.3 Å². The molecule has 2 aromatic heterocycles. The maximum absolute atomic E-state index is 14.0. The molecule has 11 heteroatoms. The monoisotopic (exact) mass is 421 g/mol. The first kappa shape index (κ1) is 20.0. The molecule has 3 heterocycles. The number of aromatic nitrogens is 4. The molecule has 0 spiro atoms. The lowest BCUT2D eigenvalue weighted by molar-refractivity contribution is -0.274. The number of hydrogen-bond acceptors (Lipinski definition) is 7. The molecule has 0 saturated carbocycles. The number of halogens is 4. The number of rotatable bonds is 4. The first-order valence-corrected chi connectivity index (χ1v) is 8.83. The van der Waals surface area contributed by atoms with Crippen LogP contribution < -0.4 is 9.64 Å². The Balaban J connectivity index is 1.67. The first-order chi connectivity index (χ1) is 14.3. The molecule has 1 aliphatic rings. The van der Waals surface area contributed by atoms with Crippen molar-refractivity contribution in [2.45, 2.75) is 19.0 Å². The summed E-state index contributed by atoms with van der Waals surface area (Å²) < 4.78 is 61.0. The van der Waals surface area contributed by atoms with Crippen molar-refractivity contribution in [2.24, 2.45) is 0 Å². The van der Waals surface area contributed by atoms with E-state index in [0.717, 1.165) is 12.1 Å². The molecule has 0 bridgehead atoms. The van der Waals surface area contributed by atoms with Gasteiger partial charge in [-0.05, 0) is 12.1 Å². The Hall–Kier alpha value is -3.34. The van der Waals surface area contributed by atoms with Gasteiger partial charge < -0.3 is 14.4 Å². The number of benzene rings is 1. The zero-order valence-corrected chi connectivity index (χ0v) is 15.6. The molecular formula is C19H15F4N5O2. The van der Waals surface area contributed by atoms with Crippen LogP contribution >= 0.6 is 0 Å². The minimum atomic E-state index is -4.93. The Labute approximate surface area is 168 Å². The van der Waals surface area contributed by atoms with Crippen LogP contribution in [0.25, 0.3) is 11.6 Å². The van der Waals surface area contributed by atoms with Crippen LogP contribution in [0.15, 0.2) is 42.9 Å². The van der Waals surface area contributed by atoms with Crippen molar-refractivity contribution in [3.8, 4) is 17.4 Å². The van der Waals surface area contributed by atoms with Crippen molar-refractivity contribution in [3.05, 3.63) is 59.9 Å². The lowest BCUT2D eigenvalue weighted by Crippen LogP contribution is -2.37. The van der Waals surface area contributed by atoms with Crippen LogP contribution in [0, 0.1) is 5.82 Å². The summed E-state index contributed by atoms with van der Waals surface area (Å²) in [4.78, 5) is 18.7. The molecule has 4 rings (SSSR count). The molecule has 3 aromatic rings. The second-order valence-electron chi connectivity index (χ2n) is 6.39. The molecule has 0 aliphatic carbocycles. The largest absolute Gasteiger partial charge is 0.573 e. The highest BCUT2D eigenvalue weighted by Gasteiger charge is 2.33. The molecule has 1 unspecified atom stereocenters. The second kappa shape index (κ2) is 7.82. The molecule has 7 nitrogen and oxygen atoms in total. The van der Waals surface area contributed by atoms with Crippen molar-refractivity contribution in [2.75, 3.05) is 18.6 Å². The first-order valence-electron chi connectivity index (χ1n) is 8.83. The van der Waals surface area contributed by atoms with Gasteiger partial charge in [0, 0.05) is 62.0 Å². The van der Waals surface area contributed by atoms with E-state index in [9.17, 15) is 17.6 Å². The third kappa shape index (κ3) is 4.15. The molecule has 0 N–H and O–H groups in total. The number of ether oxygens (including phenoxy) is 2. The maximum Gasteiger partial charge on any atom is 0.573 e. The minimum absolute atomic E-state index is 0.183. The number of methoxy groups -OCH3 is 1. The number of fused-ring (bicyclic) bond motifs is 1. The van der Waals surface area contributed by atoms with E-state index in [4.69, 9.17) is 4.74 Å². The fourth-order valence-electron chi connectivity index (χ4n) is 3.29. The van der Waals surface area contributed by atoms with Gasteiger partial charge in [-0.3, -0.25) is 0 Å². The summed E-state index contributed by atoms with van der Waals surface area (Å²) in [5.74, 6) is -0.786. The van der Waals surface area contributed by atoms with Crippen LogP contribution in [0.1, 0.15) is 17.5 Å². The Morgan fingerprint density at radius 1 is 1.07 bits per heavy atom. The highest BCUT2D eigenvalue weighted by molar-refractivity contribution is 5.55. The molecule has 156 valence electrons. The molecule has 0 radical (unpaired) electrons. The maximum atomic E-state index is 14.0. The third-order valence-corrected chi connectivity index (χ3v) is 4.45. The SMILES string of the molecule is COC1c2cnc(-c3ncccn3)nc2CCN1c1cc(F)cc(OC(F)(F)F)c1. The highest BCUT2D eigenvalue weighted by atomic mass is 19.4. The van der Waals surface area contributed by atoms with Crippen LogP contribution in [-0.4, -0.2) is 40.0 Å². The number of anilines is 1. The van der Waals surface area contributed by atoms with Crippen molar-refractivity contribution in [3.63, 3.8) is 0 Å². The lowest BCUT2D eigenvalue weighted by atomic mass is 10.0. The molecular weight excluding hydrogens is 406 g/mol. The summed E-state index contributed by atoms with van der Waals surface area (Å²) in [6, 6.07) is 4.58. The van der Waals surface area contributed by atoms with Crippen LogP contribution in [-0.2, 0) is 11.2 Å². The van der Waals surface area contributed by atoms with Gasteiger partial charge in [0.25, 0.3) is 0 Å². The van der Waals surface area contributed by atoms with Gasteiger partial charge in [0.05, 0.1) is 5.69 Å². The predicted octanol–water partition coefficient (Wildman–Crippen LogP) is 3.68. The van der Waals surface area contributed by atoms with Crippen molar-refractivity contribution >= 4 is 5.69 Å². The van der Waals surface area contributed by atoms with Gasteiger partial charge in [-0.1, -0.05) is 0 Å².